The minimum Gasteiger partial charge on any atom is -0.439 e. The Balaban J connectivity index is 3.34. The van der Waals surface area contributed by atoms with Crippen molar-refractivity contribution in [1.82, 2.24) is 0 Å². The maximum absolute atomic E-state index is 7.01. The summed E-state index contributed by atoms with van der Waals surface area (Å²) >= 11 is 0. The molecule has 0 saturated carbocycles. The Morgan fingerprint density at radius 1 is 1.10 bits per heavy atom. The van der Waals surface area contributed by atoms with Gasteiger partial charge in [0.15, 0.2) is 8.32 Å². The summed E-state index contributed by atoms with van der Waals surface area (Å²) in [7, 11) is -6.39. The van der Waals surface area contributed by atoms with Gasteiger partial charge in [0.25, 0.3) is 0 Å². The largest absolute Gasteiger partial charge is 0.439 e. The van der Waals surface area contributed by atoms with Crippen LogP contribution in [-0.2, 0) is 8.54 Å². The minimum absolute atomic E-state index is 0.0257. The van der Waals surface area contributed by atoms with E-state index in [4.69, 9.17) is 8.54 Å². The van der Waals surface area contributed by atoms with Crippen molar-refractivity contribution in [2.45, 2.75) is 97.1 Å². The van der Waals surface area contributed by atoms with Gasteiger partial charge in [0.1, 0.15) is 7.11 Å². The summed E-state index contributed by atoms with van der Waals surface area (Å²) in [5, 5.41) is 0. The van der Waals surface area contributed by atoms with Crippen LogP contribution in [0.1, 0.15) is 33.6 Å². The summed E-state index contributed by atoms with van der Waals surface area (Å²) < 4.78 is 13.9. The van der Waals surface area contributed by atoms with E-state index in [-0.39, 0.29) is 5.60 Å². The van der Waals surface area contributed by atoms with Crippen LogP contribution in [-0.4, -0.2) is 36.7 Å². The standard InChI is InChI=1S/C15H38O2Si4/c1-11-12-13-21(17-18(4,5)6)16-15(2,3)14-19(7,8)20(21,9)10/h11-14H2,1-10H3. The molecule has 1 fully saturated rings. The lowest BCUT2D eigenvalue weighted by molar-refractivity contribution is 0.0909. The second-order valence-electron chi connectivity index (χ2n) is 9.62. The van der Waals surface area contributed by atoms with Crippen molar-refractivity contribution < 1.29 is 8.54 Å². The zero-order valence-corrected chi connectivity index (χ0v) is 20.1. The molecule has 0 aromatic heterocycles. The third kappa shape index (κ3) is 4.20. The van der Waals surface area contributed by atoms with Gasteiger partial charge in [-0.1, -0.05) is 46.0 Å². The van der Waals surface area contributed by atoms with E-state index >= 15 is 0 Å². The Morgan fingerprint density at radius 3 is 2.05 bits per heavy atom. The van der Waals surface area contributed by atoms with Gasteiger partial charge in [0.05, 0.1) is 5.60 Å². The SMILES string of the molecule is CCCC[Si]1(O[Si](C)(C)C)OC(C)(C)C[Si](C)(C)[Si]1(C)C. The second kappa shape index (κ2) is 6.01. The number of rotatable bonds is 5. The predicted octanol–water partition coefficient (Wildman–Crippen LogP) is 5.46. The molecule has 0 amide bonds. The van der Waals surface area contributed by atoms with E-state index in [1.807, 2.05) is 0 Å². The Bertz CT molecular complexity index is 370. The van der Waals surface area contributed by atoms with Gasteiger partial charge in [-0.3, -0.25) is 0 Å². The zero-order chi connectivity index (χ0) is 16.7. The number of hydrogen-bond acceptors (Lipinski definition) is 2. The fourth-order valence-electron chi connectivity index (χ4n) is 3.88. The van der Waals surface area contributed by atoms with Gasteiger partial charge in [-0.2, -0.15) is 0 Å². The third-order valence-corrected chi connectivity index (χ3v) is 45.9. The predicted molar refractivity (Wildman–Crippen MR) is 105 cm³/mol. The summed E-state index contributed by atoms with van der Waals surface area (Å²) in [6, 6.07) is 2.53. The van der Waals surface area contributed by atoms with Crippen molar-refractivity contribution in [3.05, 3.63) is 0 Å². The van der Waals surface area contributed by atoms with Crippen LogP contribution in [0.5, 0.6) is 0 Å². The van der Waals surface area contributed by atoms with E-state index in [1.54, 1.807) is 0 Å². The van der Waals surface area contributed by atoms with Gasteiger partial charge in [0.2, 0.25) is 0 Å². The average molecular weight is 363 g/mol. The fourth-order valence-corrected chi connectivity index (χ4v) is 43.8. The van der Waals surface area contributed by atoms with Gasteiger partial charge in [-0.15, -0.1) is 0 Å². The van der Waals surface area contributed by atoms with Crippen LogP contribution in [0.3, 0.4) is 0 Å². The highest BCUT2D eigenvalue weighted by atomic mass is 29.7. The highest BCUT2D eigenvalue weighted by Crippen LogP contribution is 2.47. The van der Waals surface area contributed by atoms with E-state index in [0.717, 1.165) is 0 Å². The molecule has 1 unspecified atom stereocenters. The van der Waals surface area contributed by atoms with E-state index in [2.05, 4.69) is 66.6 Å². The average Bonchev–Trinajstić information content (AvgIpc) is 2.19. The molecule has 0 spiro atoms. The Labute approximate surface area is 137 Å². The molecule has 21 heavy (non-hydrogen) atoms. The molecule has 0 bridgehead atoms. The lowest BCUT2D eigenvalue weighted by atomic mass is 10.2. The van der Waals surface area contributed by atoms with Gasteiger partial charge < -0.3 is 8.54 Å². The molecule has 1 saturated heterocycles. The molecule has 1 heterocycles. The molecule has 1 aliphatic rings. The van der Waals surface area contributed by atoms with Crippen LogP contribution >= 0.6 is 0 Å². The number of unbranched alkanes of at least 4 members (excludes halogenated alkanes) is 1. The number of hydrogen-bond donors (Lipinski definition) is 0. The van der Waals surface area contributed by atoms with Crippen molar-refractivity contribution in [1.29, 1.82) is 0 Å². The maximum atomic E-state index is 7.01. The van der Waals surface area contributed by atoms with Gasteiger partial charge in [0, 0.05) is 7.59 Å². The summed E-state index contributed by atoms with van der Waals surface area (Å²) in [6.45, 7) is 24.4. The van der Waals surface area contributed by atoms with Crippen molar-refractivity contribution in [2.75, 3.05) is 0 Å². The van der Waals surface area contributed by atoms with Crippen molar-refractivity contribution in [2.24, 2.45) is 0 Å². The molecular weight excluding hydrogens is 325 g/mol. The monoisotopic (exact) mass is 362 g/mol. The summed E-state index contributed by atoms with van der Waals surface area (Å²) in [5.74, 6) is 0. The molecule has 1 atom stereocenters. The van der Waals surface area contributed by atoms with Crippen LogP contribution < -0.4 is 0 Å². The highest BCUT2D eigenvalue weighted by Gasteiger charge is 2.67. The van der Waals surface area contributed by atoms with E-state index in [1.165, 1.54) is 24.9 Å². The van der Waals surface area contributed by atoms with Crippen molar-refractivity contribution in [3.8, 4) is 0 Å². The molecule has 0 radical (unpaired) electrons. The Morgan fingerprint density at radius 2 is 1.62 bits per heavy atom. The molecule has 6 heteroatoms. The van der Waals surface area contributed by atoms with Crippen molar-refractivity contribution in [3.63, 3.8) is 0 Å². The molecule has 0 aliphatic carbocycles. The normalized spacial score (nSPS) is 31.1. The van der Waals surface area contributed by atoms with Crippen LogP contribution in [0, 0.1) is 0 Å². The van der Waals surface area contributed by atoms with Crippen LogP contribution in [0.2, 0.25) is 57.9 Å². The quantitative estimate of drug-likeness (QED) is 0.604. The highest BCUT2D eigenvalue weighted by molar-refractivity contribution is 7.67. The molecule has 2 nitrogen and oxygen atoms in total. The van der Waals surface area contributed by atoms with E-state index in [9.17, 15) is 0 Å². The molecule has 1 rings (SSSR count). The van der Waals surface area contributed by atoms with Crippen LogP contribution in [0.25, 0.3) is 0 Å². The van der Waals surface area contributed by atoms with Crippen LogP contribution in [0.4, 0.5) is 0 Å². The summed E-state index contributed by atoms with van der Waals surface area (Å²) in [6.07, 6.45) is 2.52. The summed E-state index contributed by atoms with van der Waals surface area (Å²) in [4.78, 5) is 0. The third-order valence-electron chi connectivity index (χ3n) is 5.28. The van der Waals surface area contributed by atoms with E-state index in [0.29, 0.717) is 0 Å². The molecule has 0 N–H and O–H groups in total. The van der Waals surface area contributed by atoms with Gasteiger partial charge >= 0.3 is 8.08 Å². The zero-order valence-electron chi connectivity index (χ0n) is 16.1. The lowest BCUT2D eigenvalue weighted by Gasteiger charge is -2.60. The molecule has 126 valence electrons. The van der Waals surface area contributed by atoms with Crippen LogP contribution in [0.15, 0.2) is 0 Å². The maximum Gasteiger partial charge on any atom is 0.303 e. The minimum atomic E-state index is -2.08. The van der Waals surface area contributed by atoms with Gasteiger partial charge in [-0.25, -0.2) is 0 Å². The second-order valence-corrected chi connectivity index (χ2v) is 39.6. The first-order valence-corrected chi connectivity index (χ1v) is 22.2. The molecule has 1 aliphatic heterocycles. The Kier molecular flexibility index (Phi) is 5.68. The van der Waals surface area contributed by atoms with Gasteiger partial charge in [-0.05, 0) is 45.6 Å². The smallest absolute Gasteiger partial charge is 0.303 e. The van der Waals surface area contributed by atoms with E-state index < -0.39 is 31.1 Å². The Hall–Kier alpha value is 0.788. The first-order chi connectivity index (χ1) is 9.18. The van der Waals surface area contributed by atoms with Crippen molar-refractivity contribution >= 4 is 31.1 Å². The molecule has 0 aromatic rings. The topological polar surface area (TPSA) is 18.5 Å². The molecular formula is C15H38O2Si4. The lowest BCUT2D eigenvalue weighted by Crippen LogP contribution is -2.82. The first kappa shape index (κ1) is 19.8. The fraction of sp³-hybridized carbons (Fsp3) is 1.00. The first-order valence-electron chi connectivity index (χ1n) is 8.58. The summed E-state index contributed by atoms with van der Waals surface area (Å²) in [5.41, 5.74) is 0.0257. The molecule has 0 aromatic carbocycles.